The molecule has 1 atom stereocenters. The second kappa shape index (κ2) is 11.0. The molecule has 0 saturated carbocycles. The van der Waals surface area contributed by atoms with E-state index >= 15 is 0 Å². The molecule has 7 nitrogen and oxygen atoms in total. The minimum Gasteiger partial charge on any atom is -0.497 e. The average Bonchev–Trinajstić information content (AvgIpc) is 3.22. The van der Waals surface area contributed by atoms with Crippen LogP contribution in [0.25, 0.3) is 0 Å². The normalized spacial score (nSPS) is 12.3. The van der Waals surface area contributed by atoms with Gasteiger partial charge in [0.05, 0.1) is 29.1 Å². The molecule has 1 N–H and O–H groups in total. The molecule has 0 spiro atoms. The van der Waals surface area contributed by atoms with E-state index in [2.05, 4.69) is 15.5 Å². The lowest BCUT2D eigenvalue weighted by atomic mass is 10.2. The average molecular weight is 515 g/mol. The van der Waals surface area contributed by atoms with E-state index in [0.717, 1.165) is 30.0 Å². The summed E-state index contributed by atoms with van der Waals surface area (Å²) >= 11 is 7.04. The number of amides is 1. The van der Waals surface area contributed by atoms with E-state index in [0.29, 0.717) is 29.0 Å². The van der Waals surface area contributed by atoms with Crippen molar-refractivity contribution in [1.29, 1.82) is 0 Å². The summed E-state index contributed by atoms with van der Waals surface area (Å²) in [7, 11) is 1.58. The maximum absolute atomic E-state index is 12.9. The zero-order valence-corrected chi connectivity index (χ0v) is 20.1. The number of nitrogens with zero attached hydrogens (tertiary/aromatic N) is 3. The van der Waals surface area contributed by atoms with Crippen molar-refractivity contribution in [3.8, 4) is 11.5 Å². The molecule has 1 unspecified atom stereocenters. The van der Waals surface area contributed by atoms with Gasteiger partial charge in [0.15, 0.2) is 17.1 Å². The summed E-state index contributed by atoms with van der Waals surface area (Å²) in [5, 5.41) is 11.2. The van der Waals surface area contributed by atoms with Crippen LogP contribution in [-0.4, -0.2) is 33.5 Å². The molecule has 0 aliphatic carbocycles. The van der Waals surface area contributed by atoms with Crippen molar-refractivity contribution >= 4 is 35.0 Å². The third-order valence-electron chi connectivity index (χ3n) is 4.70. The summed E-state index contributed by atoms with van der Waals surface area (Å²) in [6, 6.07) is 9.87. The Kier molecular flexibility index (Phi) is 8.32. The minimum atomic E-state index is -4.54. The third kappa shape index (κ3) is 6.35. The molecule has 3 rings (SSSR count). The van der Waals surface area contributed by atoms with Crippen molar-refractivity contribution in [2.45, 2.75) is 37.8 Å². The number of alkyl halides is 3. The predicted octanol–water partition coefficient (Wildman–Crippen LogP) is 5.85. The number of hydrogen-bond acceptors (Lipinski definition) is 6. The Hall–Kier alpha value is -2.92. The Morgan fingerprint density at radius 2 is 1.85 bits per heavy atom. The number of ether oxygens (including phenoxy) is 2. The van der Waals surface area contributed by atoms with Gasteiger partial charge in [0.1, 0.15) is 11.5 Å². The Morgan fingerprint density at radius 3 is 2.47 bits per heavy atom. The van der Waals surface area contributed by atoms with Gasteiger partial charge in [-0.05, 0) is 56.3 Å². The summed E-state index contributed by atoms with van der Waals surface area (Å²) in [6.45, 7) is 4.26. The van der Waals surface area contributed by atoms with Crippen LogP contribution in [0, 0.1) is 0 Å². The lowest BCUT2D eigenvalue weighted by molar-refractivity contribution is -0.137. The Bertz CT molecular complexity index is 1140. The molecule has 12 heteroatoms. The number of carbonyl (C=O) groups excluding carboxylic acids is 1. The number of anilines is 1. The molecule has 1 amide bonds. The van der Waals surface area contributed by atoms with Crippen LogP contribution in [0.5, 0.6) is 11.5 Å². The number of carbonyl (C=O) groups is 1. The van der Waals surface area contributed by atoms with Crippen LogP contribution in [0.15, 0.2) is 47.6 Å². The van der Waals surface area contributed by atoms with Gasteiger partial charge in [-0.3, -0.25) is 4.79 Å². The van der Waals surface area contributed by atoms with E-state index in [-0.39, 0.29) is 16.5 Å². The first kappa shape index (κ1) is 25.7. The van der Waals surface area contributed by atoms with E-state index < -0.39 is 23.8 Å². The smallest absolute Gasteiger partial charge is 0.416 e. The van der Waals surface area contributed by atoms with Crippen molar-refractivity contribution in [2.24, 2.45) is 0 Å². The molecular weight excluding hydrogens is 493 g/mol. The highest BCUT2D eigenvalue weighted by Crippen LogP contribution is 2.34. The molecular formula is C22H22ClF3N4O3S. The highest BCUT2D eigenvalue weighted by molar-refractivity contribution is 7.99. The lowest BCUT2D eigenvalue weighted by Gasteiger charge is -2.16. The van der Waals surface area contributed by atoms with Gasteiger partial charge >= 0.3 is 6.18 Å². The second-order valence-corrected chi connectivity index (χ2v) is 8.40. The van der Waals surface area contributed by atoms with E-state index in [1.807, 2.05) is 18.4 Å². The molecule has 0 aliphatic rings. The first-order chi connectivity index (χ1) is 16.1. The fourth-order valence-corrected chi connectivity index (χ4v) is 4.00. The van der Waals surface area contributed by atoms with Crippen LogP contribution in [0.2, 0.25) is 5.02 Å². The molecule has 0 fully saturated rings. The Balaban J connectivity index is 1.65. The summed E-state index contributed by atoms with van der Waals surface area (Å²) < 4.78 is 51.7. The zero-order chi connectivity index (χ0) is 24.9. The van der Waals surface area contributed by atoms with E-state index in [1.165, 1.54) is 0 Å². The first-order valence-electron chi connectivity index (χ1n) is 10.2. The number of halogens is 4. The van der Waals surface area contributed by atoms with Gasteiger partial charge in [0, 0.05) is 6.54 Å². The SMILES string of the molecule is CCn1c(SCC(=O)Nc2cc(C(F)(F)F)ccc2Cl)nnc1C(C)Oc1ccc(OC)cc1. The highest BCUT2D eigenvalue weighted by Gasteiger charge is 2.31. The summed E-state index contributed by atoms with van der Waals surface area (Å²) in [4.78, 5) is 12.4. The number of nitrogens with one attached hydrogen (secondary N) is 1. The van der Waals surface area contributed by atoms with E-state index in [1.54, 1.807) is 31.4 Å². The molecule has 0 aliphatic heterocycles. The standard InChI is InChI=1S/C22H22ClF3N4O3S/c1-4-30-20(13(2)33-16-8-6-15(32-3)7-9-16)28-29-21(30)34-12-19(31)27-18-11-14(22(24,25)26)5-10-17(18)23/h5-11,13H,4,12H2,1-3H3,(H,27,31). The van der Waals surface area contributed by atoms with Crippen LogP contribution < -0.4 is 14.8 Å². The number of thioether (sulfide) groups is 1. The van der Waals surface area contributed by atoms with Crippen LogP contribution in [0.1, 0.15) is 31.3 Å². The van der Waals surface area contributed by atoms with Crippen molar-refractivity contribution in [2.75, 3.05) is 18.2 Å². The summed E-state index contributed by atoms with van der Waals surface area (Å²) in [5.74, 6) is 1.28. The van der Waals surface area contributed by atoms with Gasteiger partial charge in [-0.15, -0.1) is 10.2 Å². The highest BCUT2D eigenvalue weighted by atomic mass is 35.5. The van der Waals surface area contributed by atoms with Gasteiger partial charge in [0.2, 0.25) is 5.91 Å². The van der Waals surface area contributed by atoms with Crippen molar-refractivity contribution < 1.29 is 27.4 Å². The quantitative estimate of drug-likeness (QED) is 0.361. The largest absolute Gasteiger partial charge is 0.497 e. The van der Waals surface area contributed by atoms with Gasteiger partial charge in [-0.2, -0.15) is 13.2 Å². The van der Waals surface area contributed by atoms with Gasteiger partial charge in [0.25, 0.3) is 0 Å². The number of rotatable bonds is 9. The second-order valence-electron chi connectivity index (χ2n) is 7.05. The van der Waals surface area contributed by atoms with Gasteiger partial charge in [-0.25, -0.2) is 0 Å². The molecule has 0 saturated heterocycles. The molecule has 3 aromatic rings. The van der Waals surface area contributed by atoms with Crippen LogP contribution in [0.4, 0.5) is 18.9 Å². The zero-order valence-electron chi connectivity index (χ0n) is 18.5. The molecule has 2 aromatic carbocycles. The van der Waals surface area contributed by atoms with Crippen LogP contribution >= 0.6 is 23.4 Å². The van der Waals surface area contributed by atoms with Crippen LogP contribution in [0.3, 0.4) is 0 Å². The van der Waals surface area contributed by atoms with E-state index in [9.17, 15) is 18.0 Å². The fraction of sp³-hybridized carbons (Fsp3) is 0.318. The summed E-state index contributed by atoms with van der Waals surface area (Å²) in [6.07, 6.45) is -4.97. The Morgan fingerprint density at radius 1 is 1.18 bits per heavy atom. The fourth-order valence-electron chi connectivity index (χ4n) is 3.03. The number of aromatic nitrogens is 3. The number of methoxy groups -OCH3 is 1. The molecule has 0 bridgehead atoms. The third-order valence-corrected chi connectivity index (χ3v) is 5.99. The van der Waals surface area contributed by atoms with Crippen LogP contribution in [-0.2, 0) is 17.5 Å². The minimum absolute atomic E-state index is 0.00914. The predicted molar refractivity (Wildman–Crippen MR) is 124 cm³/mol. The topological polar surface area (TPSA) is 78.3 Å². The van der Waals surface area contributed by atoms with E-state index in [4.69, 9.17) is 21.1 Å². The monoisotopic (exact) mass is 514 g/mol. The Labute approximate surface area is 203 Å². The molecule has 1 aromatic heterocycles. The first-order valence-corrected chi connectivity index (χ1v) is 11.5. The van der Waals surface area contributed by atoms with Gasteiger partial charge < -0.3 is 19.4 Å². The molecule has 1 heterocycles. The van der Waals surface area contributed by atoms with Crippen molar-refractivity contribution in [1.82, 2.24) is 14.8 Å². The molecule has 34 heavy (non-hydrogen) atoms. The van der Waals surface area contributed by atoms with Crippen molar-refractivity contribution in [3.63, 3.8) is 0 Å². The summed E-state index contributed by atoms with van der Waals surface area (Å²) in [5.41, 5.74) is -1.01. The molecule has 0 radical (unpaired) electrons. The number of hydrogen-bond donors (Lipinski definition) is 1. The molecule has 182 valence electrons. The maximum Gasteiger partial charge on any atom is 0.416 e. The number of benzene rings is 2. The van der Waals surface area contributed by atoms with Crippen molar-refractivity contribution in [3.05, 3.63) is 58.9 Å². The van der Waals surface area contributed by atoms with Gasteiger partial charge in [-0.1, -0.05) is 23.4 Å². The maximum atomic E-state index is 12.9. The lowest BCUT2D eigenvalue weighted by Crippen LogP contribution is -2.16.